The van der Waals surface area contributed by atoms with Crippen molar-refractivity contribution in [2.75, 3.05) is 0 Å². The van der Waals surface area contributed by atoms with E-state index < -0.39 is 10.8 Å². The van der Waals surface area contributed by atoms with Gasteiger partial charge in [0.15, 0.2) is 0 Å². The van der Waals surface area contributed by atoms with E-state index in [1.165, 1.54) is 18.4 Å². The van der Waals surface area contributed by atoms with Crippen molar-refractivity contribution in [1.29, 1.82) is 0 Å². The minimum atomic E-state index is -1.82. The third kappa shape index (κ3) is 1.20. The zero-order chi connectivity index (χ0) is 6.91. The quantitative estimate of drug-likeness (QED) is 0.363. The van der Waals surface area contributed by atoms with Gasteiger partial charge in [0, 0.05) is 6.21 Å². The first-order valence-corrected chi connectivity index (χ1v) is 2.79. The Morgan fingerprint density at radius 2 is 2.44 bits per heavy atom. The Balaban J connectivity index is 2.91. The number of thiol groups is 1. The molecule has 1 N–H and O–H groups in total. The molecule has 0 aromatic carbocycles. The Hall–Kier alpha value is -0.610. The molecule has 0 fully saturated rings. The lowest BCUT2D eigenvalue weighted by molar-refractivity contribution is -0.124. The first-order valence-electron chi connectivity index (χ1n) is 2.34. The summed E-state index contributed by atoms with van der Waals surface area (Å²) in [6.07, 6.45) is 4.00. The Bertz CT molecular complexity index is 195. The SMILES string of the molecule is O=C1C=CC=NC1(O)S. The molecule has 3 nitrogen and oxygen atoms in total. The average molecular weight is 143 g/mol. The van der Waals surface area contributed by atoms with E-state index in [1.54, 1.807) is 0 Å². The normalized spacial score (nSPS) is 33.3. The van der Waals surface area contributed by atoms with Crippen LogP contribution in [0.5, 0.6) is 0 Å². The molecule has 0 radical (unpaired) electrons. The minimum Gasteiger partial charge on any atom is -0.355 e. The van der Waals surface area contributed by atoms with E-state index in [0.717, 1.165) is 0 Å². The third-order valence-electron chi connectivity index (χ3n) is 0.919. The predicted octanol–water partition coefficient (Wildman–Crippen LogP) is -0.228. The van der Waals surface area contributed by atoms with E-state index in [2.05, 4.69) is 17.6 Å². The smallest absolute Gasteiger partial charge is 0.266 e. The number of aliphatic imine (C=N–C) groups is 1. The van der Waals surface area contributed by atoms with E-state index in [4.69, 9.17) is 5.11 Å². The van der Waals surface area contributed by atoms with E-state index >= 15 is 0 Å². The largest absolute Gasteiger partial charge is 0.355 e. The van der Waals surface area contributed by atoms with Gasteiger partial charge < -0.3 is 5.11 Å². The third-order valence-corrected chi connectivity index (χ3v) is 1.25. The molecule has 0 saturated heterocycles. The molecule has 1 rings (SSSR count). The first-order chi connectivity index (χ1) is 4.13. The number of hydrogen-bond donors (Lipinski definition) is 2. The van der Waals surface area contributed by atoms with Crippen LogP contribution in [0.25, 0.3) is 0 Å². The number of carbonyl (C=O) groups is 1. The summed E-state index contributed by atoms with van der Waals surface area (Å²) in [5.74, 6) is -0.506. The van der Waals surface area contributed by atoms with Crippen LogP contribution in [0.3, 0.4) is 0 Å². The van der Waals surface area contributed by atoms with Crippen molar-refractivity contribution in [3.8, 4) is 0 Å². The van der Waals surface area contributed by atoms with E-state index in [0.29, 0.717) is 0 Å². The molecule has 48 valence electrons. The fraction of sp³-hybridized carbons (Fsp3) is 0.200. The van der Waals surface area contributed by atoms with Crippen LogP contribution in [0.2, 0.25) is 0 Å². The molecule has 9 heavy (non-hydrogen) atoms. The van der Waals surface area contributed by atoms with Crippen LogP contribution in [0.1, 0.15) is 0 Å². The van der Waals surface area contributed by atoms with Crippen molar-refractivity contribution in [2.45, 2.75) is 5.06 Å². The van der Waals surface area contributed by atoms with Crippen molar-refractivity contribution >= 4 is 24.6 Å². The summed E-state index contributed by atoms with van der Waals surface area (Å²) in [5.41, 5.74) is 0. The van der Waals surface area contributed by atoms with Gasteiger partial charge >= 0.3 is 0 Å². The van der Waals surface area contributed by atoms with Gasteiger partial charge in [0.05, 0.1) is 0 Å². The van der Waals surface area contributed by atoms with Gasteiger partial charge in [-0.1, -0.05) is 0 Å². The molecule has 0 aromatic rings. The number of nitrogens with zero attached hydrogens (tertiary/aromatic N) is 1. The second kappa shape index (κ2) is 1.97. The van der Waals surface area contributed by atoms with Crippen LogP contribution in [0.15, 0.2) is 17.1 Å². The number of allylic oxidation sites excluding steroid dienone is 1. The second-order valence-corrected chi connectivity index (χ2v) is 2.26. The highest BCUT2D eigenvalue weighted by Crippen LogP contribution is 2.15. The van der Waals surface area contributed by atoms with Crippen LogP contribution >= 0.6 is 12.6 Å². The maximum absolute atomic E-state index is 10.6. The van der Waals surface area contributed by atoms with E-state index in [9.17, 15) is 4.79 Å². The molecule has 1 heterocycles. The number of ketones is 1. The van der Waals surface area contributed by atoms with Gasteiger partial charge in [0.25, 0.3) is 5.06 Å². The number of dihydropyridines is 1. The molecule has 1 aliphatic heterocycles. The van der Waals surface area contributed by atoms with Crippen LogP contribution in [0, 0.1) is 0 Å². The van der Waals surface area contributed by atoms with Gasteiger partial charge in [-0.15, -0.1) is 12.6 Å². The van der Waals surface area contributed by atoms with Crippen molar-refractivity contribution in [3.63, 3.8) is 0 Å². The number of hydrogen-bond acceptors (Lipinski definition) is 4. The fourth-order valence-corrected chi connectivity index (χ4v) is 0.594. The summed E-state index contributed by atoms with van der Waals surface area (Å²) < 4.78 is 0. The zero-order valence-electron chi connectivity index (χ0n) is 4.48. The van der Waals surface area contributed by atoms with E-state index in [1.807, 2.05) is 0 Å². The maximum Gasteiger partial charge on any atom is 0.266 e. The Morgan fingerprint density at radius 3 is 2.78 bits per heavy atom. The summed E-state index contributed by atoms with van der Waals surface area (Å²) >= 11 is 3.57. The molecule has 4 heteroatoms. The molecule has 0 aromatic heterocycles. The monoisotopic (exact) mass is 143 g/mol. The molecule has 1 atom stereocenters. The molecule has 0 amide bonds. The fourth-order valence-electron chi connectivity index (χ4n) is 0.453. The summed E-state index contributed by atoms with van der Waals surface area (Å²) in [6.45, 7) is 0. The lowest BCUT2D eigenvalue weighted by atomic mass is 10.3. The standard InChI is InChI=1S/C5H5NO2S/c7-4-2-1-3-6-5(4,8)9/h1-3,8-9H. The summed E-state index contributed by atoms with van der Waals surface area (Å²) in [6, 6.07) is 0. The zero-order valence-corrected chi connectivity index (χ0v) is 5.38. The van der Waals surface area contributed by atoms with Crippen molar-refractivity contribution < 1.29 is 9.90 Å². The lowest BCUT2D eigenvalue weighted by Gasteiger charge is -2.14. The number of rotatable bonds is 0. The highest BCUT2D eigenvalue weighted by atomic mass is 32.1. The molecule has 1 unspecified atom stereocenters. The molecule has 0 bridgehead atoms. The first kappa shape index (κ1) is 6.51. The second-order valence-electron chi connectivity index (χ2n) is 1.64. The maximum atomic E-state index is 10.6. The van der Waals surface area contributed by atoms with Gasteiger partial charge in [-0.2, -0.15) is 0 Å². The van der Waals surface area contributed by atoms with Gasteiger partial charge in [0.2, 0.25) is 5.78 Å². The molecule has 0 aliphatic carbocycles. The topological polar surface area (TPSA) is 49.7 Å². The molecule has 0 spiro atoms. The summed E-state index contributed by atoms with van der Waals surface area (Å²) in [4.78, 5) is 14.0. The minimum absolute atomic E-state index is 0.506. The Morgan fingerprint density at radius 1 is 1.78 bits per heavy atom. The summed E-state index contributed by atoms with van der Waals surface area (Å²) in [5, 5.41) is 7.08. The van der Waals surface area contributed by atoms with E-state index in [-0.39, 0.29) is 0 Å². The average Bonchev–Trinajstić information content (AvgIpc) is 1.77. The highest BCUT2D eigenvalue weighted by Gasteiger charge is 2.28. The van der Waals surface area contributed by atoms with Crippen LogP contribution < -0.4 is 0 Å². The molecule has 0 saturated carbocycles. The number of carbonyl (C=O) groups excluding carboxylic acids is 1. The highest BCUT2D eigenvalue weighted by molar-refractivity contribution is 7.82. The van der Waals surface area contributed by atoms with Crippen molar-refractivity contribution in [1.82, 2.24) is 0 Å². The van der Waals surface area contributed by atoms with Crippen LogP contribution in [-0.4, -0.2) is 22.2 Å². The van der Waals surface area contributed by atoms with Crippen molar-refractivity contribution in [2.24, 2.45) is 4.99 Å². The lowest BCUT2D eigenvalue weighted by Crippen LogP contribution is -2.30. The molecular weight excluding hydrogens is 138 g/mol. The Kier molecular flexibility index (Phi) is 1.42. The van der Waals surface area contributed by atoms with Gasteiger partial charge in [-0.25, -0.2) is 4.99 Å². The predicted molar refractivity (Wildman–Crippen MR) is 36.6 cm³/mol. The summed E-state index contributed by atoms with van der Waals surface area (Å²) in [7, 11) is 0. The van der Waals surface area contributed by atoms with Crippen LogP contribution in [0.4, 0.5) is 0 Å². The van der Waals surface area contributed by atoms with Gasteiger partial charge in [-0.3, -0.25) is 4.79 Å². The Labute approximate surface area is 57.5 Å². The van der Waals surface area contributed by atoms with Crippen LogP contribution in [-0.2, 0) is 4.79 Å². The van der Waals surface area contributed by atoms with Crippen molar-refractivity contribution in [3.05, 3.63) is 12.2 Å². The van der Waals surface area contributed by atoms with Gasteiger partial charge in [0.1, 0.15) is 0 Å². The van der Waals surface area contributed by atoms with Gasteiger partial charge in [-0.05, 0) is 12.2 Å². The number of aliphatic hydroxyl groups is 1. The molecular formula is C5H5NO2S. The molecule has 1 aliphatic rings.